The maximum atomic E-state index is 14.1. The summed E-state index contributed by atoms with van der Waals surface area (Å²) in [5.41, 5.74) is 7.22. The summed E-state index contributed by atoms with van der Waals surface area (Å²) in [6.07, 6.45) is -1.49. The minimum Gasteiger partial charge on any atom is -0.460 e. The zero-order chi connectivity index (χ0) is 50.6. The van der Waals surface area contributed by atoms with Crippen LogP contribution in [0, 0.1) is 0 Å². The van der Waals surface area contributed by atoms with Crippen molar-refractivity contribution in [2.24, 2.45) is 5.73 Å². The minimum atomic E-state index is -1.42. The van der Waals surface area contributed by atoms with Crippen LogP contribution in [-0.4, -0.2) is 96.7 Å². The first-order valence-electron chi connectivity index (χ1n) is 22.2. The van der Waals surface area contributed by atoms with Gasteiger partial charge >= 0.3 is 24.2 Å². The zero-order valence-electron chi connectivity index (χ0n) is 39.7. The highest BCUT2D eigenvalue weighted by molar-refractivity contribution is 8.00. The molecule has 7 N–H and O–H groups in total. The van der Waals surface area contributed by atoms with E-state index in [1.807, 2.05) is 91.0 Å². The molecule has 0 aliphatic rings. The molecular formula is C51H62N6O11S. The van der Waals surface area contributed by atoms with Crippen molar-refractivity contribution in [2.45, 2.75) is 88.5 Å². The summed E-state index contributed by atoms with van der Waals surface area (Å²) < 4.78 is 20.4. The fraction of sp³-hybridized carbons (Fsp3) is 0.353. The second-order valence-corrected chi connectivity index (χ2v) is 18.8. The Balaban J connectivity index is 1.48. The maximum absolute atomic E-state index is 14.1. The highest BCUT2D eigenvalue weighted by Crippen LogP contribution is 2.48. The summed E-state index contributed by atoms with van der Waals surface area (Å²) >= 11 is 1.38. The number of amides is 6. The lowest BCUT2D eigenvalue weighted by Crippen LogP contribution is -2.56. The third kappa shape index (κ3) is 17.8. The number of hydrogen-bond donors (Lipinski definition) is 6. The first-order valence-corrected chi connectivity index (χ1v) is 23.2. The van der Waals surface area contributed by atoms with Crippen LogP contribution in [0.25, 0.3) is 0 Å². The van der Waals surface area contributed by atoms with Crippen molar-refractivity contribution in [2.75, 3.05) is 25.4 Å². The van der Waals surface area contributed by atoms with Crippen LogP contribution in [0.4, 0.5) is 14.4 Å². The lowest BCUT2D eigenvalue weighted by Gasteiger charge is -2.36. The van der Waals surface area contributed by atoms with E-state index in [1.165, 1.54) is 30.0 Å². The monoisotopic (exact) mass is 966 g/mol. The van der Waals surface area contributed by atoms with Gasteiger partial charge in [-0.1, -0.05) is 116 Å². The summed E-state index contributed by atoms with van der Waals surface area (Å²) in [5.74, 6) is -3.08. The van der Waals surface area contributed by atoms with Gasteiger partial charge in [0.15, 0.2) is 0 Å². The normalized spacial score (nSPS) is 12.7. The Morgan fingerprint density at radius 2 is 1.12 bits per heavy atom. The molecule has 4 rings (SSSR count). The maximum Gasteiger partial charge on any atom is 0.412 e. The molecular weight excluding hydrogens is 905 g/mol. The molecule has 6 amide bonds. The van der Waals surface area contributed by atoms with Gasteiger partial charge in [0.2, 0.25) is 17.7 Å². The topological polar surface area (TPSA) is 243 Å². The van der Waals surface area contributed by atoms with Crippen molar-refractivity contribution >= 4 is 53.7 Å². The van der Waals surface area contributed by atoms with E-state index in [0.29, 0.717) is 5.56 Å². The average Bonchev–Trinajstić information content (AvgIpc) is 3.30. The zero-order valence-corrected chi connectivity index (χ0v) is 40.5. The van der Waals surface area contributed by atoms with E-state index in [-0.39, 0.29) is 37.5 Å². The lowest BCUT2D eigenvalue weighted by molar-refractivity contribution is -0.145. The van der Waals surface area contributed by atoms with E-state index in [1.54, 1.807) is 53.7 Å². The molecule has 4 aromatic carbocycles. The SMILES string of the molecule is C=CCOC(=O)[C@H](Cc1ccc(OC(=O)NCC[C@H](NC(=O)OC(C)(C)C)C(=O)NC(=O)[C@H](CSC(c2ccccc2)(c2ccccc2)c2ccccc2)NC(=O)CN)cc1)NC(=O)OC(C)(C)C. The van der Waals surface area contributed by atoms with Gasteiger partial charge < -0.3 is 45.9 Å². The molecule has 0 aromatic heterocycles. The molecule has 18 heteroatoms. The van der Waals surface area contributed by atoms with Crippen LogP contribution in [0.1, 0.15) is 70.2 Å². The number of ether oxygens (including phenoxy) is 4. The van der Waals surface area contributed by atoms with E-state index in [2.05, 4.69) is 33.2 Å². The van der Waals surface area contributed by atoms with Gasteiger partial charge in [-0.15, -0.1) is 11.8 Å². The Labute approximate surface area is 407 Å². The molecule has 0 saturated heterocycles. The predicted molar refractivity (Wildman–Crippen MR) is 262 cm³/mol. The Bertz CT molecular complexity index is 2260. The van der Waals surface area contributed by atoms with Crippen LogP contribution in [0.15, 0.2) is 128 Å². The highest BCUT2D eigenvalue weighted by atomic mass is 32.2. The van der Waals surface area contributed by atoms with Crippen LogP contribution < -0.4 is 37.1 Å². The second kappa shape index (κ2) is 25.8. The number of rotatable bonds is 21. The van der Waals surface area contributed by atoms with E-state index in [9.17, 15) is 33.6 Å². The molecule has 0 aliphatic carbocycles. The number of carbonyl (C=O) groups excluding carboxylic acids is 7. The first-order chi connectivity index (χ1) is 32.7. The molecule has 0 radical (unpaired) electrons. The molecule has 3 atom stereocenters. The molecule has 17 nitrogen and oxygen atoms in total. The number of benzene rings is 4. The van der Waals surface area contributed by atoms with Crippen molar-refractivity contribution < 1.29 is 52.5 Å². The smallest absolute Gasteiger partial charge is 0.412 e. The second-order valence-electron chi connectivity index (χ2n) is 17.5. The number of hydrogen-bond acceptors (Lipinski definition) is 13. The number of nitrogens with one attached hydrogen (secondary N) is 5. The number of nitrogens with two attached hydrogens (primary N) is 1. The summed E-state index contributed by atoms with van der Waals surface area (Å²) in [6.45, 7) is 12.8. The van der Waals surface area contributed by atoms with Crippen molar-refractivity contribution in [3.8, 4) is 5.75 Å². The van der Waals surface area contributed by atoms with Crippen molar-refractivity contribution in [3.63, 3.8) is 0 Å². The molecule has 0 unspecified atom stereocenters. The van der Waals surface area contributed by atoms with Gasteiger partial charge in [0.1, 0.15) is 41.7 Å². The predicted octanol–water partition coefficient (Wildman–Crippen LogP) is 6.04. The third-order valence-electron chi connectivity index (χ3n) is 9.69. The molecule has 0 bridgehead atoms. The van der Waals surface area contributed by atoms with Crippen LogP contribution in [0.3, 0.4) is 0 Å². The molecule has 0 spiro atoms. The van der Waals surface area contributed by atoms with E-state index >= 15 is 0 Å². The van der Waals surface area contributed by atoms with Crippen LogP contribution in [0.5, 0.6) is 5.75 Å². The molecule has 368 valence electrons. The molecule has 69 heavy (non-hydrogen) atoms. The minimum absolute atomic E-state index is 0.0209. The van der Waals surface area contributed by atoms with Gasteiger partial charge in [-0.25, -0.2) is 19.2 Å². The molecule has 0 fully saturated rings. The largest absolute Gasteiger partial charge is 0.460 e. The van der Waals surface area contributed by atoms with Gasteiger partial charge in [-0.05, 0) is 82.3 Å². The van der Waals surface area contributed by atoms with Crippen molar-refractivity contribution in [1.29, 1.82) is 0 Å². The molecule has 0 heterocycles. The lowest BCUT2D eigenvalue weighted by atomic mass is 9.84. The first kappa shape index (κ1) is 54.4. The summed E-state index contributed by atoms with van der Waals surface area (Å²) in [5, 5.41) is 12.5. The number of carbonyl (C=O) groups is 7. The fourth-order valence-electron chi connectivity index (χ4n) is 6.70. The van der Waals surface area contributed by atoms with E-state index in [4.69, 9.17) is 24.7 Å². The Morgan fingerprint density at radius 3 is 1.58 bits per heavy atom. The highest BCUT2D eigenvalue weighted by Gasteiger charge is 2.39. The number of thioether (sulfide) groups is 1. The number of alkyl carbamates (subject to hydrolysis) is 2. The molecule has 0 saturated carbocycles. The van der Waals surface area contributed by atoms with Crippen molar-refractivity contribution in [1.82, 2.24) is 26.6 Å². The van der Waals surface area contributed by atoms with E-state index in [0.717, 1.165) is 16.7 Å². The summed E-state index contributed by atoms with van der Waals surface area (Å²) in [4.78, 5) is 92.0. The Morgan fingerprint density at radius 1 is 0.638 bits per heavy atom. The van der Waals surface area contributed by atoms with Gasteiger partial charge in [-0.3, -0.25) is 19.7 Å². The van der Waals surface area contributed by atoms with Gasteiger partial charge in [0.25, 0.3) is 0 Å². The van der Waals surface area contributed by atoms with Crippen LogP contribution >= 0.6 is 11.8 Å². The van der Waals surface area contributed by atoms with Gasteiger partial charge in [0.05, 0.1) is 11.3 Å². The average molecular weight is 967 g/mol. The van der Waals surface area contributed by atoms with Crippen LogP contribution in [0.2, 0.25) is 0 Å². The van der Waals surface area contributed by atoms with E-state index < -0.39 is 82.6 Å². The van der Waals surface area contributed by atoms with Crippen molar-refractivity contribution in [3.05, 3.63) is 150 Å². The Hall–Kier alpha value is -7.18. The Kier molecular flexibility index (Phi) is 20.4. The number of imide groups is 1. The van der Waals surface area contributed by atoms with Gasteiger partial charge in [-0.2, -0.15) is 0 Å². The molecule has 0 aliphatic heterocycles. The summed E-state index contributed by atoms with van der Waals surface area (Å²) in [6, 6.07) is 31.4. The third-order valence-corrected chi connectivity index (χ3v) is 11.3. The standard InChI is InChI=1S/C51H62N6O11S/c1-8-30-65-45(61)40(56-48(64)68-50(5,6)7)31-34-24-26-38(27-25-34)66-46(62)53-29-28-39(55-47(63)67-49(2,3)4)43(59)57-44(60)41(54-42(58)32-52)33-69-51(35-18-12-9-13-19-35,36-20-14-10-15-21-36)37-22-16-11-17-23-37/h8-27,39-41H,1,28-33,52H2,2-7H3,(H,53,62)(H,54,58)(H,55,63)(H,56,64)(H,57,59,60)/t39-,40-,41-/m0/s1. The number of esters is 1. The molecule has 4 aromatic rings. The summed E-state index contributed by atoms with van der Waals surface area (Å²) in [7, 11) is 0. The fourth-order valence-corrected chi connectivity index (χ4v) is 8.26. The quantitative estimate of drug-likeness (QED) is 0.0242. The van der Waals surface area contributed by atoms with Crippen LogP contribution in [-0.2, 0) is 44.6 Å². The van der Waals surface area contributed by atoms with Gasteiger partial charge in [0, 0.05) is 18.7 Å².